The van der Waals surface area contributed by atoms with Crippen LogP contribution in [-0.4, -0.2) is 22.7 Å². The van der Waals surface area contributed by atoms with E-state index in [-0.39, 0.29) is 6.42 Å². The number of benzene rings is 3. The van der Waals surface area contributed by atoms with E-state index in [4.69, 9.17) is 21.1 Å². The number of aromatic amines is 1. The highest BCUT2D eigenvalue weighted by Gasteiger charge is 2.19. The second-order valence-corrected chi connectivity index (χ2v) is 7.92. The second kappa shape index (κ2) is 9.37. The standard InChI is InChI=1S/C26H24ClNO4/c1-3-31-23-13-18(9-12-22(23)32-15-17-7-5-4-6-8-17)26-20(14-24(29)30)19-10-11-21(27)16(2)25(19)28-26/h4-13,28H,3,14-15H2,1-2H3,(H,29,30). The molecule has 1 heterocycles. The monoisotopic (exact) mass is 449 g/mol. The zero-order valence-electron chi connectivity index (χ0n) is 17.9. The summed E-state index contributed by atoms with van der Waals surface area (Å²) in [5.74, 6) is 0.345. The molecule has 5 nitrogen and oxygen atoms in total. The van der Waals surface area contributed by atoms with Gasteiger partial charge in [-0.3, -0.25) is 4.79 Å². The molecule has 0 atom stereocenters. The van der Waals surface area contributed by atoms with E-state index in [1.165, 1.54) is 0 Å². The van der Waals surface area contributed by atoms with Crippen LogP contribution in [0.4, 0.5) is 0 Å². The number of carbonyl (C=O) groups is 1. The van der Waals surface area contributed by atoms with E-state index < -0.39 is 5.97 Å². The summed E-state index contributed by atoms with van der Waals surface area (Å²) in [6.07, 6.45) is -0.105. The number of ether oxygens (including phenoxy) is 2. The molecule has 0 aliphatic carbocycles. The Bertz CT molecular complexity index is 1260. The van der Waals surface area contributed by atoms with Crippen LogP contribution in [-0.2, 0) is 17.8 Å². The summed E-state index contributed by atoms with van der Waals surface area (Å²) < 4.78 is 11.9. The number of H-pyrrole nitrogens is 1. The first kappa shape index (κ1) is 21.8. The summed E-state index contributed by atoms with van der Waals surface area (Å²) in [5.41, 5.74) is 5.06. The SMILES string of the molecule is CCOc1cc(-c2[nH]c3c(C)c(Cl)ccc3c2CC(=O)O)ccc1OCc1ccccc1. The summed E-state index contributed by atoms with van der Waals surface area (Å²) in [6, 6.07) is 19.2. The van der Waals surface area contributed by atoms with Crippen LogP contribution in [0, 0.1) is 6.92 Å². The van der Waals surface area contributed by atoms with Crippen molar-refractivity contribution in [3.8, 4) is 22.8 Å². The molecule has 0 radical (unpaired) electrons. The maximum Gasteiger partial charge on any atom is 0.307 e. The van der Waals surface area contributed by atoms with Gasteiger partial charge in [0.25, 0.3) is 0 Å². The van der Waals surface area contributed by atoms with Crippen LogP contribution in [0.15, 0.2) is 60.7 Å². The highest BCUT2D eigenvalue weighted by Crippen LogP contribution is 2.38. The fourth-order valence-corrected chi connectivity index (χ4v) is 3.96. The minimum atomic E-state index is -0.896. The summed E-state index contributed by atoms with van der Waals surface area (Å²) in [5, 5.41) is 11.0. The minimum absolute atomic E-state index is 0.105. The first-order valence-corrected chi connectivity index (χ1v) is 10.8. The van der Waals surface area contributed by atoms with Gasteiger partial charge in [0, 0.05) is 16.0 Å². The summed E-state index contributed by atoms with van der Waals surface area (Å²) in [4.78, 5) is 15.0. The molecule has 4 aromatic rings. The topological polar surface area (TPSA) is 71.6 Å². The van der Waals surface area contributed by atoms with Crippen LogP contribution in [0.3, 0.4) is 0 Å². The molecule has 0 aliphatic heterocycles. The Morgan fingerprint density at radius 1 is 1.03 bits per heavy atom. The zero-order valence-corrected chi connectivity index (χ0v) is 18.7. The van der Waals surface area contributed by atoms with E-state index in [0.29, 0.717) is 35.3 Å². The van der Waals surface area contributed by atoms with Gasteiger partial charge in [-0.25, -0.2) is 0 Å². The molecule has 0 saturated carbocycles. The summed E-state index contributed by atoms with van der Waals surface area (Å²) >= 11 is 6.30. The molecule has 2 N–H and O–H groups in total. The molecular weight excluding hydrogens is 426 g/mol. The Morgan fingerprint density at radius 2 is 1.81 bits per heavy atom. The molecule has 0 bridgehead atoms. The van der Waals surface area contributed by atoms with Gasteiger partial charge >= 0.3 is 5.97 Å². The quantitative estimate of drug-likeness (QED) is 0.326. The van der Waals surface area contributed by atoms with Crippen molar-refractivity contribution < 1.29 is 19.4 Å². The maximum atomic E-state index is 11.6. The van der Waals surface area contributed by atoms with E-state index >= 15 is 0 Å². The van der Waals surface area contributed by atoms with Gasteiger partial charge < -0.3 is 19.6 Å². The number of halogens is 1. The lowest BCUT2D eigenvalue weighted by atomic mass is 10.0. The van der Waals surface area contributed by atoms with Gasteiger partial charge in [0.2, 0.25) is 0 Å². The lowest BCUT2D eigenvalue weighted by molar-refractivity contribution is -0.136. The first-order chi connectivity index (χ1) is 15.5. The number of hydrogen-bond acceptors (Lipinski definition) is 3. The number of carboxylic acid groups (broad SMARTS) is 1. The second-order valence-electron chi connectivity index (χ2n) is 7.51. The van der Waals surface area contributed by atoms with Crippen LogP contribution in [0.5, 0.6) is 11.5 Å². The molecular formula is C26H24ClNO4. The number of nitrogens with one attached hydrogen (secondary N) is 1. The van der Waals surface area contributed by atoms with Gasteiger partial charge in [0.05, 0.1) is 24.2 Å². The van der Waals surface area contributed by atoms with E-state index in [1.54, 1.807) is 6.07 Å². The average Bonchev–Trinajstić information content (AvgIpc) is 3.14. The molecule has 0 saturated heterocycles. The van der Waals surface area contributed by atoms with Gasteiger partial charge in [0.1, 0.15) is 6.61 Å². The maximum absolute atomic E-state index is 11.6. The third-order valence-corrected chi connectivity index (χ3v) is 5.78. The molecule has 32 heavy (non-hydrogen) atoms. The number of fused-ring (bicyclic) bond motifs is 1. The fraction of sp³-hybridized carbons (Fsp3) is 0.192. The molecule has 1 aromatic heterocycles. The van der Waals surface area contributed by atoms with Crippen molar-refractivity contribution in [3.05, 3.63) is 82.4 Å². The van der Waals surface area contributed by atoms with Gasteiger partial charge in [-0.1, -0.05) is 48.0 Å². The highest BCUT2D eigenvalue weighted by atomic mass is 35.5. The molecule has 0 amide bonds. The molecule has 4 rings (SSSR count). The van der Waals surface area contributed by atoms with Gasteiger partial charge in [-0.05, 0) is 54.8 Å². The highest BCUT2D eigenvalue weighted by molar-refractivity contribution is 6.32. The van der Waals surface area contributed by atoms with Gasteiger partial charge in [-0.15, -0.1) is 0 Å². The van der Waals surface area contributed by atoms with E-state index in [0.717, 1.165) is 33.3 Å². The Morgan fingerprint density at radius 3 is 2.53 bits per heavy atom. The van der Waals surface area contributed by atoms with Crippen LogP contribution in [0.2, 0.25) is 5.02 Å². The van der Waals surface area contributed by atoms with Crippen LogP contribution < -0.4 is 9.47 Å². The van der Waals surface area contributed by atoms with Crippen LogP contribution >= 0.6 is 11.6 Å². The predicted molar refractivity (Wildman–Crippen MR) is 127 cm³/mol. The average molecular weight is 450 g/mol. The lowest BCUT2D eigenvalue weighted by Crippen LogP contribution is -2.02. The van der Waals surface area contributed by atoms with Gasteiger partial charge in [0.15, 0.2) is 11.5 Å². The Labute approximate surface area is 191 Å². The molecule has 0 spiro atoms. The summed E-state index contributed by atoms with van der Waals surface area (Å²) in [6.45, 7) is 4.74. The smallest absolute Gasteiger partial charge is 0.307 e. The molecule has 6 heteroatoms. The summed E-state index contributed by atoms with van der Waals surface area (Å²) in [7, 11) is 0. The Hall–Kier alpha value is -3.44. The van der Waals surface area contributed by atoms with Crippen molar-refractivity contribution in [1.29, 1.82) is 0 Å². The van der Waals surface area contributed by atoms with Crippen molar-refractivity contribution in [2.45, 2.75) is 26.9 Å². The van der Waals surface area contributed by atoms with Crippen molar-refractivity contribution in [2.24, 2.45) is 0 Å². The number of aromatic nitrogens is 1. The van der Waals surface area contributed by atoms with Crippen molar-refractivity contribution >= 4 is 28.5 Å². The molecule has 0 aliphatic rings. The van der Waals surface area contributed by atoms with Crippen molar-refractivity contribution in [2.75, 3.05) is 6.61 Å². The molecule has 3 aromatic carbocycles. The van der Waals surface area contributed by atoms with E-state index in [1.807, 2.05) is 68.4 Å². The van der Waals surface area contributed by atoms with Crippen molar-refractivity contribution in [1.82, 2.24) is 4.98 Å². The Balaban J connectivity index is 1.76. The predicted octanol–water partition coefficient (Wildman–Crippen LogP) is 6.40. The largest absolute Gasteiger partial charge is 0.490 e. The van der Waals surface area contributed by atoms with E-state index in [9.17, 15) is 9.90 Å². The number of aliphatic carboxylic acids is 1. The third kappa shape index (κ3) is 4.43. The third-order valence-electron chi connectivity index (χ3n) is 5.37. The molecule has 0 fully saturated rings. The number of rotatable bonds is 8. The molecule has 0 unspecified atom stereocenters. The van der Waals surface area contributed by atoms with Gasteiger partial charge in [-0.2, -0.15) is 0 Å². The number of hydrogen-bond donors (Lipinski definition) is 2. The lowest BCUT2D eigenvalue weighted by Gasteiger charge is -2.14. The first-order valence-electron chi connectivity index (χ1n) is 10.4. The normalized spacial score (nSPS) is 11.0. The zero-order chi connectivity index (χ0) is 22.7. The van der Waals surface area contributed by atoms with E-state index in [2.05, 4.69) is 4.98 Å². The molecule has 164 valence electrons. The minimum Gasteiger partial charge on any atom is -0.490 e. The van der Waals surface area contributed by atoms with Crippen LogP contribution in [0.1, 0.15) is 23.6 Å². The van der Waals surface area contributed by atoms with Crippen LogP contribution in [0.25, 0.3) is 22.2 Å². The van der Waals surface area contributed by atoms with Crippen molar-refractivity contribution in [3.63, 3.8) is 0 Å². The fourth-order valence-electron chi connectivity index (χ4n) is 3.80. The number of aryl methyl sites for hydroxylation is 1. The number of carboxylic acids is 1. The Kier molecular flexibility index (Phi) is 6.37.